The zero-order chi connectivity index (χ0) is 96.1. The maximum atomic E-state index is 14.1. The van der Waals surface area contributed by atoms with Gasteiger partial charge in [-0.25, -0.2) is 15.0 Å². The number of rotatable bonds is 19. The quantitative estimate of drug-likeness (QED) is 0.0223. The number of hydrogen-bond acceptors (Lipinski definition) is 20. The molecular weight excluding hydrogens is 2060 g/mol. The maximum Gasteiger partial charge on any atom is 1.00 e. The number of benzene rings is 12. The number of aromatic nitrogens is 6. The molecule has 0 unspecified atom stereocenters. The molecule has 24 heteroatoms. The van der Waals surface area contributed by atoms with Gasteiger partial charge in [-0.2, -0.15) is 9.97 Å². The molecule has 6 heterocycles. The van der Waals surface area contributed by atoms with Crippen LogP contribution in [0.15, 0.2) is 296 Å². The van der Waals surface area contributed by atoms with E-state index >= 15 is 0 Å². The molecule has 21 rings (SSSR count). The average Bonchev–Trinajstić information content (AvgIpc) is 1.49. The number of methoxy groups -OCH3 is 3. The molecule has 0 bridgehead atoms. The number of carbonyl (C=O) groups excluding carboxylic acids is 1. The van der Waals surface area contributed by atoms with Crippen LogP contribution in [0.2, 0.25) is 0 Å². The summed E-state index contributed by atoms with van der Waals surface area (Å²) >= 11 is 3.01. The summed E-state index contributed by atoms with van der Waals surface area (Å²) in [7, 11) is 4.89. The number of fused-ring (bicyclic) bond motifs is 15. The number of nitrogens with one attached hydrogen (secondary N) is 1. The standard InChI is InChI=1S/C40H32N2O4.C37H30N2O4.C34H28N2O4.C3H3Br.CH2O3.CH4.2Cs.H/c1-6-22-44-38-33-35(28-14-10-8-11-15-28)39(30-18-20-31(43-5)21-19-30)40(45-23-7-2,34-27(4)24-26(3)25-32(34)46-39)36(33)41-37(42-38)29-16-12-9-13-17-29;1-5-20-42-35-30-32(25-12-8-6-9-13-25)37(27-16-18-28(41-4)19-17-27)36(40,31-24(3)21-23(2)22-29(31)43-37)33(30)38-34(39-35)26-14-10-7-11-15-26;1-20-18-21(2)28-26(19-20)40-34(24-14-16-25(39-3)17-15-24)29(22-10-6-4-7-11-22)27-30(33(28,34)38)35-31(36-32(27)37)23-12-8-5-9-13-23;1-2-3-4;2-1-4-3;;;;/h1-2,8-21,24-25,35H,22-23H2,3-5H3;1,6-19,21-22,32,40H,20H2,2-4H3;4-19,29,38H,1-3H3,(H,35,36,37);1H,3H2;1,3H;1H4;;;/q;;;;;;2*+1;-1/p-1/t35-,39+,40+;32-,36+,37+;29-,33+,34+;;;;;;/m111....../s1. The van der Waals surface area contributed by atoms with Crippen molar-refractivity contribution in [2.24, 2.45) is 0 Å². The van der Waals surface area contributed by atoms with Gasteiger partial charge in [-0.05, 0) is 146 Å². The van der Waals surface area contributed by atoms with Crippen molar-refractivity contribution in [1.29, 1.82) is 0 Å². The Bertz CT molecular complexity index is 7310. The van der Waals surface area contributed by atoms with E-state index in [-0.39, 0.29) is 178 Å². The summed E-state index contributed by atoms with van der Waals surface area (Å²) in [6, 6.07) is 94.2. The molecule has 3 N–H and O–H groups in total. The molecule has 9 atom stereocenters. The zero-order valence-corrected chi connectivity index (χ0v) is 92.6. The van der Waals surface area contributed by atoms with Gasteiger partial charge in [0.05, 0.1) is 78.2 Å². The number of hydrogen-bond donors (Lipinski definition) is 3. The zero-order valence-electron chi connectivity index (χ0n) is 79.5. The molecule has 3 aliphatic heterocycles. The van der Waals surface area contributed by atoms with Crippen LogP contribution >= 0.6 is 15.9 Å². The molecule has 0 saturated carbocycles. The molecular formula is C116H99BrCs2N6O15. The predicted molar refractivity (Wildman–Crippen MR) is 532 cm³/mol. The second kappa shape index (κ2) is 44.2. The number of carbonyl (C=O) groups is 1. The van der Waals surface area contributed by atoms with Gasteiger partial charge in [-0.15, -0.1) is 25.7 Å². The number of aromatic amines is 1. The fourth-order valence-electron chi connectivity index (χ4n) is 20.9. The smallest absolute Gasteiger partial charge is 1.00 e. The Morgan fingerprint density at radius 3 is 1.11 bits per heavy atom. The fraction of sp³-hybridized carbons (Fsp3) is 0.198. The largest absolute Gasteiger partial charge is 1.00 e. The summed E-state index contributed by atoms with van der Waals surface area (Å²) in [6.45, 7) is 12.0. The van der Waals surface area contributed by atoms with E-state index in [1.54, 1.807) is 21.3 Å². The van der Waals surface area contributed by atoms with Gasteiger partial charge in [0.25, 0.3) is 12.0 Å². The second-order valence-corrected chi connectivity index (χ2v) is 34.3. The van der Waals surface area contributed by atoms with E-state index < -0.39 is 51.4 Å². The molecule has 140 heavy (non-hydrogen) atoms. The minimum Gasteiger partial charge on any atom is -1.00 e. The summed E-state index contributed by atoms with van der Waals surface area (Å²) in [5, 5.41) is 35.9. The van der Waals surface area contributed by atoms with Crippen LogP contribution in [0.3, 0.4) is 0 Å². The molecule has 3 aromatic heterocycles. The van der Waals surface area contributed by atoms with Gasteiger partial charge in [0.15, 0.2) is 58.5 Å². The van der Waals surface area contributed by atoms with E-state index in [4.69, 9.17) is 103 Å². The second-order valence-electron chi connectivity index (χ2n) is 33.7. The normalized spacial score (nSPS) is 19.9. The van der Waals surface area contributed by atoms with Crippen molar-refractivity contribution in [2.75, 3.05) is 46.5 Å². The Kier molecular flexibility index (Phi) is 32.8. The first-order valence-electron chi connectivity index (χ1n) is 44.1. The Balaban J connectivity index is 0.000000169. The third-order valence-corrected chi connectivity index (χ3v) is 26.2. The topological polar surface area (TPSA) is 270 Å². The third kappa shape index (κ3) is 17.8. The van der Waals surface area contributed by atoms with Crippen molar-refractivity contribution in [3.05, 3.63) is 419 Å². The molecule has 12 aromatic carbocycles. The van der Waals surface area contributed by atoms with E-state index in [9.17, 15) is 15.0 Å². The SMILES string of the molecule is C.C#CCBr.C#CCOc1nc(-c2ccccc2)nc2c1[C@@H](c1ccccc1)[C@]1(c3ccc(OC)cc3)Oc3cc(C)cc(C)c3[C@]21O.C#CCOc1nc(-c2ccccc2)nc2c1[C@@H](c1ccccc1)[C@]1(c3ccc(OC)cc3)Oc3cc(C)cc(C)c3[C@]21OCC#C.COc1ccc([C@@]23Oc4cc(C)cc(C)c4[C@]2(O)c2nc(-c4ccccc4)[nH]c(=O)c2[C@H]3c2ccccc2)cc1.O=CO[O-].[Cs+].[Cs+].[H-]. The Labute approximate surface area is 942 Å². The van der Waals surface area contributed by atoms with Crippen LogP contribution in [0.25, 0.3) is 34.2 Å². The van der Waals surface area contributed by atoms with Crippen molar-refractivity contribution in [1.82, 2.24) is 29.9 Å². The number of aryl methyl sites for hydroxylation is 6. The van der Waals surface area contributed by atoms with Crippen molar-refractivity contribution in [2.45, 2.75) is 100 Å². The van der Waals surface area contributed by atoms with Crippen LogP contribution in [-0.2, 0) is 48.0 Å². The first-order valence-corrected chi connectivity index (χ1v) is 45.3. The average molecular weight is 2160 g/mol. The van der Waals surface area contributed by atoms with Gasteiger partial charge < -0.3 is 69.4 Å². The summed E-state index contributed by atoms with van der Waals surface area (Å²) in [5.74, 6) is 14.6. The van der Waals surface area contributed by atoms with Gasteiger partial charge in [0.2, 0.25) is 11.8 Å². The van der Waals surface area contributed by atoms with Gasteiger partial charge in [-0.3, -0.25) is 9.59 Å². The molecule has 0 radical (unpaired) electrons. The first-order chi connectivity index (χ1) is 66.6. The number of aliphatic hydroxyl groups is 2. The van der Waals surface area contributed by atoms with Crippen LogP contribution in [0.4, 0.5) is 0 Å². The molecule has 0 saturated heterocycles. The number of nitrogens with zero attached hydrogens (tertiary/aromatic N) is 5. The molecule has 0 spiro atoms. The predicted octanol–water partition coefficient (Wildman–Crippen LogP) is 13.5. The summed E-state index contributed by atoms with van der Waals surface area (Å²) < 4.78 is 57.7. The molecule has 0 fully saturated rings. The number of terminal acetylenes is 4. The van der Waals surface area contributed by atoms with Crippen molar-refractivity contribution < 1.29 is 207 Å². The van der Waals surface area contributed by atoms with Crippen molar-refractivity contribution >= 4 is 22.4 Å². The molecule has 0 amide bonds. The summed E-state index contributed by atoms with van der Waals surface area (Å²) in [6.07, 6.45) is 22.1. The number of ether oxygens (including phenoxy) is 9. The monoisotopic (exact) mass is 2160 g/mol. The van der Waals surface area contributed by atoms with Crippen LogP contribution in [-0.4, -0.2) is 93.1 Å². The number of H-pyrrole nitrogens is 1. The van der Waals surface area contributed by atoms with E-state index in [0.29, 0.717) is 108 Å². The minimum absolute atomic E-state index is 0. The van der Waals surface area contributed by atoms with Crippen LogP contribution < -0.4 is 186 Å². The van der Waals surface area contributed by atoms with Crippen molar-refractivity contribution in [3.8, 4) is 130 Å². The van der Waals surface area contributed by atoms with Gasteiger partial charge in [0, 0.05) is 50.1 Å². The summed E-state index contributed by atoms with van der Waals surface area (Å²) in [5.41, 5.74) is 9.56. The minimum atomic E-state index is -1.76. The number of halogens is 1. The van der Waals surface area contributed by atoms with Gasteiger partial charge in [-0.1, -0.05) is 284 Å². The van der Waals surface area contributed by atoms with Gasteiger partial charge in [0.1, 0.15) is 46.9 Å². The molecule has 15 aromatic rings. The Morgan fingerprint density at radius 1 is 0.429 bits per heavy atom. The number of alkyl halides is 1. The first kappa shape index (κ1) is 104. The maximum absolute atomic E-state index is 14.1. The molecule has 3 aliphatic carbocycles. The Hall–Kier alpha value is -11.8. The van der Waals surface area contributed by atoms with E-state index in [1.807, 2.05) is 289 Å². The van der Waals surface area contributed by atoms with Crippen LogP contribution in [0.5, 0.6) is 46.3 Å². The van der Waals surface area contributed by atoms with E-state index in [0.717, 1.165) is 94.6 Å². The molecule has 21 nitrogen and oxygen atoms in total. The van der Waals surface area contributed by atoms with E-state index in [1.165, 1.54) is 0 Å². The third-order valence-electron chi connectivity index (χ3n) is 25.8. The van der Waals surface area contributed by atoms with E-state index in [2.05, 4.69) is 93.7 Å². The van der Waals surface area contributed by atoms with Crippen molar-refractivity contribution in [3.63, 3.8) is 0 Å². The Morgan fingerprint density at radius 2 is 0.743 bits per heavy atom. The van der Waals surface area contributed by atoms with Crippen LogP contribution in [0, 0.1) is 90.9 Å². The fourth-order valence-corrected chi connectivity index (χ4v) is 20.9. The van der Waals surface area contributed by atoms with Gasteiger partial charge >= 0.3 is 138 Å². The molecule has 692 valence electrons. The summed E-state index contributed by atoms with van der Waals surface area (Å²) in [4.78, 5) is 53.8. The molecule has 6 aliphatic rings. The van der Waals surface area contributed by atoms with Crippen LogP contribution in [0.1, 0.15) is 144 Å².